The van der Waals surface area contributed by atoms with Crippen molar-refractivity contribution in [2.75, 3.05) is 13.2 Å². The van der Waals surface area contributed by atoms with Gasteiger partial charge in [0.25, 0.3) is 0 Å². The minimum absolute atomic E-state index is 0.273. The maximum absolute atomic E-state index is 13.0. The number of hydrogen-bond donors (Lipinski definition) is 1. The highest BCUT2D eigenvalue weighted by atomic mass is 19.1. The van der Waals surface area contributed by atoms with Crippen LogP contribution in [0.5, 0.6) is 5.75 Å². The summed E-state index contributed by atoms with van der Waals surface area (Å²) in [5, 5.41) is 0. The minimum atomic E-state index is -0.688. The largest absolute Gasteiger partial charge is 0.494 e. The molecule has 0 amide bonds. The van der Waals surface area contributed by atoms with Crippen molar-refractivity contribution in [2.45, 2.75) is 26.3 Å². The summed E-state index contributed by atoms with van der Waals surface area (Å²) in [4.78, 5) is 11.2. The molecule has 0 heterocycles. The number of halogens is 1. The van der Waals surface area contributed by atoms with Crippen LogP contribution in [-0.4, -0.2) is 25.2 Å². The van der Waals surface area contributed by atoms with Crippen molar-refractivity contribution in [1.29, 1.82) is 0 Å². The van der Waals surface area contributed by atoms with Crippen LogP contribution < -0.4 is 10.5 Å². The number of hydrogen-bond acceptors (Lipinski definition) is 4. The molecule has 0 aliphatic rings. The van der Waals surface area contributed by atoms with Crippen LogP contribution in [0.25, 0.3) is 0 Å². The van der Waals surface area contributed by atoms with E-state index in [4.69, 9.17) is 15.2 Å². The van der Waals surface area contributed by atoms with Gasteiger partial charge in [-0.25, -0.2) is 4.39 Å². The van der Waals surface area contributed by atoms with Gasteiger partial charge < -0.3 is 15.2 Å². The average molecular weight is 255 g/mol. The van der Waals surface area contributed by atoms with Crippen molar-refractivity contribution >= 4 is 5.97 Å². The molecule has 0 saturated carbocycles. The molecule has 0 radical (unpaired) electrons. The lowest BCUT2D eigenvalue weighted by Gasteiger charge is -2.11. The lowest BCUT2D eigenvalue weighted by Crippen LogP contribution is -2.33. The Hall–Kier alpha value is -1.62. The van der Waals surface area contributed by atoms with Crippen LogP contribution in [0.1, 0.15) is 18.9 Å². The van der Waals surface area contributed by atoms with Crippen molar-refractivity contribution in [1.82, 2.24) is 0 Å². The number of carbonyl (C=O) groups is 1. The molecule has 100 valence electrons. The van der Waals surface area contributed by atoms with Crippen molar-refractivity contribution in [3.8, 4) is 5.75 Å². The summed E-state index contributed by atoms with van der Waals surface area (Å²) in [7, 11) is 0. The van der Waals surface area contributed by atoms with Crippen LogP contribution in [0.15, 0.2) is 18.2 Å². The first-order valence-corrected chi connectivity index (χ1v) is 5.85. The Morgan fingerprint density at radius 3 is 2.83 bits per heavy atom. The zero-order valence-electron chi connectivity index (χ0n) is 10.6. The topological polar surface area (TPSA) is 61.5 Å². The molecule has 1 aromatic carbocycles. The fourth-order valence-corrected chi connectivity index (χ4v) is 1.38. The van der Waals surface area contributed by atoms with Gasteiger partial charge in [0.15, 0.2) is 0 Å². The number of nitrogens with two attached hydrogens (primary N) is 1. The van der Waals surface area contributed by atoms with Gasteiger partial charge in [-0.05, 0) is 37.6 Å². The van der Waals surface area contributed by atoms with E-state index in [-0.39, 0.29) is 12.4 Å². The molecule has 0 saturated heterocycles. The molecule has 0 spiro atoms. The van der Waals surface area contributed by atoms with Gasteiger partial charge in [-0.3, -0.25) is 4.79 Å². The number of aryl methyl sites for hydroxylation is 1. The molecule has 18 heavy (non-hydrogen) atoms. The standard InChI is InChI=1S/C13H18FNO3/c1-3-17-13(16)12(15)6-7-18-10-4-5-11(14)9(2)8-10/h4-5,8,12H,3,6-7,15H2,1-2H3. The van der Waals surface area contributed by atoms with E-state index in [1.165, 1.54) is 12.1 Å². The lowest BCUT2D eigenvalue weighted by atomic mass is 10.2. The van der Waals surface area contributed by atoms with Crippen molar-refractivity contribution < 1.29 is 18.7 Å². The molecule has 5 heteroatoms. The molecular weight excluding hydrogens is 237 g/mol. The van der Waals surface area contributed by atoms with Crippen LogP contribution >= 0.6 is 0 Å². The summed E-state index contributed by atoms with van der Waals surface area (Å²) in [5.74, 6) is -0.146. The molecule has 1 rings (SSSR count). The van der Waals surface area contributed by atoms with E-state index < -0.39 is 12.0 Å². The first kappa shape index (κ1) is 14.4. The summed E-state index contributed by atoms with van der Waals surface area (Å²) >= 11 is 0. The Morgan fingerprint density at radius 2 is 2.22 bits per heavy atom. The second-order valence-corrected chi connectivity index (χ2v) is 3.91. The summed E-state index contributed by atoms with van der Waals surface area (Å²) in [6, 6.07) is 3.80. The average Bonchev–Trinajstić information content (AvgIpc) is 2.34. The van der Waals surface area contributed by atoms with Gasteiger partial charge in [-0.15, -0.1) is 0 Å². The van der Waals surface area contributed by atoms with E-state index >= 15 is 0 Å². The predicted molar refractivity (Wildman–Crippen MR) is 65.9 cm³/mol. The second-order valence-electron chi connectivity index (χ2n) is 3.91. The first-order chi connectivity index (χ1) is 8.54. The van der Waals surface area contributed by atoms with Crippen molar-refractivity contribution in [2.24, 2.45) is 5.73 Å². The quantitative estimate of drug-likeness (QED) is 0.787. The molecule has 1 aromatic rings. The molecule has 4 nitrogen and oxygen atoms in total. The molecule has 0 aromatic heterocycles. The van der Waals surface area contributed by atoms with E-state index in [1.54, 1.807) is 19.9 Å². The summed E-state index contributed by atoms with van der Waals surface area (Å²) in [6.45, 7) is 3.98. The van der Waals surface area contributed by atoms with Gasteiger partial charge >= 0.3 is 5.97 Å². The molecule has 2 N–H and O–H groups in total. The first-order valence-electron chi connectivity index (χ1n) is 5.85. The molecule has 1 atom stereocenters. The molecule has 1 unspecified atom stereocenters. The van der Waals surface area contributed by atoms with Gasteiger partial charge in [-0.1, -0.05) is 0 Å². The Bertz CT molecular complexity index is 409. The minimum Gasteiger partial charge on any atom is -0.494 e. The third kappa shape index (κ3) is 4.33. The van der Waals surface area contributed by atoms with Crippen molar-refractivity contribution in [3.05, 3.63) is 29.6 Å². The normalized spacial score (nSPS) is 12.0. The Labute approximate surface area is 106 Å². The predicted octanol–water partition coefficient (Wildman–Crippen LogP) is 1.79. The molecule has 0 fully saturated rings. The van der Waals surface area contributed by atoms with Gasteiger partial charge in [-0.2, -0.15) is 0 Å². The highest BCUT2D eigenvalue weighted by molar-refractivity contribution is 5.75. The van der Waals surface area contributed by atoms with E-state index in [2.05, 4.69) is 0 Å². The van der Waals surface area contributed by atoms with E-state index in [0.717, 1.165) is 0 Å². The third-order valence-corrected chi connectivity index (χ3v) is 2.42. The fourth-order valence-electron chi connectivity index (χ4n) is 1.38. The fraction of sp³-hybridized carbons (Fsp3) is 0.462. The number of carbonyl (C=O) groups excluding carboxylic acids is 1. The zero-order valence-corrected chi connectivity index (χ0v) is 10.6. The number of rotatable bonds is 6. The second kappa shape index (κ2) is 6.96. The molecule has 0 aliphatic carbocycles. The van der Waals surface area contributed by atoms with Crippen LogP contribution in [0, 0.1) is 12.7 Å². The van der Waals surface area contributed by atoms with Crippen LogP contribution in [0.3, 0.4) is 0 Å². The van der Waals surface area contributed by atoms with Crippen LogP contribution in [0.4, 0.5) is 4.39 Å². The van der Waals surface area contributed by atoms with E-state index in [0.29, 0.717) is 24.3 Å². The highest BCUT2D eigenvalue weighted by Gasteiger charge is 2.14. The number of benzene rings is 1. The van der Waals surface area contributed by atoms with Gasteiger partial charge in [0.05, 0.1) is 13.2 Å². The third-order valence-electron chi connectivity index (χ3n) is 2.42. The maximum atomic E-state index is 13.0. The monoisotopic (exact) mass is 255 g/mol. The van der Waals surface area contributed by atoms with Gasteiger partial charge in [0.2, 0.25) is 0 Å². The van der Waals surface area contributed by atoms with Crippen molar-refractivity contribution in [3.63, 3.8) is 0 Å². The van der Waals surface area contributed by atoms with E-state index in [9.17, 15) is 9.18 Å². The molecular formula is C13H18FNO3. The zero-order chi connectivity index (χ0) is 13.5. The van der Waals surface area contributed by atoms with Gasteiger partial charge in [0, 0.05) is 6.42 Å². The summed E-state index contributed by atoms with van der Waals surface area (Å²) in [6.07, 6.45) is 0.356. The molecule has 0 aliphatic heterocycles. The molecule has 0 bridgehead atoms. The van der Waals surface area contributed by atoms with Crippen LogP contribution in [-0.2, 0) is 9.53 Å². The summed E-state index contributed by atoms with van der Waals surface area (Å²) < 4.78 is 23.2. The smallest absolute Gasteiger partial charge is 0.323 e. The maximum Gasteiger partial charge on any atom is 0.323 e. The Kier molecular flexibility index (Phi) is 5.58. The van der Waals surface area contributed by atoms with E-state index in [1.807, 2.05) is 0 Å². The SMILES string of the molecule is CCOC(=O)C(N)CCOc1ccc(F)c(C)c1. The Balaban J connectivity index is 2.37. The highest BCUT2D eigenvalue weighted by Crippen LogP contribution is 2.16. The Morgan fingerprint density at radius 1 is 1.50 bits per heavy atom. The summed E-state index contributed by atoms with van der Waals surface area (Å²) in [5.41, 5.74) is 6.12. The lowest BCUT2D eigenvalue weighted by molar-refractivity contribution is -0.145. The number of esters is 1. The van der Waals surface area contributed by atoms with Gasteiger partial charge in [0.1, 0.15) is 17.6 Å². The number of ether oxygens (including phenoxy) is 2. The van der Waals surface area contributed by atoms with Crippen LogP contribution in [0.2, 0.25) is 0 Å².